The third-order valence-corrected chi connectivity index (χ3v) is 4.78. The van der Waals surface area contributed by atoms with Crippen molar-refractivity contribution in [1.29, 1.82) is 0 Å². The summed E-state index contributed by atoms with van der Waals surface area (Å²) in [6, 6.07) is 0. The molecule has 0 saturated carbocycles. The van der Waals surface area contributed by atoms with Gasteiger partial charge in [0.25, 0.3) is 5.90 Å². The monoisotopic (exact) mass is 330 g/mol. The van der Waals surface area contributed by atoms with Crippen LogP contribution in [0.2, 0.25) is 0 Å². The fourth-order valence-electron chi connectivity index (χ4n) is 1.07. The number of ether oxygens (including phenoxy) is 2. The van der Waals surface area contributed by atoms with E-state index >= 15 is 0 Å². The lowest BCUT2D eigenvalue weighted by atomic mass is 10.2. The Balaban J connectivity index is 2.44. The first-order valence-electron chi connectivity index (χ1n) is 5.54. The van der Waals surface area contributed by atoms with Gasteiger partial charge in [0.15, 0.2) is 0 Å². The van der Waals surface area contributed by atoms with E-state index < -0.39 is 10.8 Å². The van der Waals surface area contributed by atoms with E-state index in [1.54, 1.807) is 7.05 Å². The number of carbonyl (C=O) groups is 1. The lowest BCUT2D eigenvalue weighted by Crippen LogP contribution is -2.33. The van der Waals surface area contributed by atoms with E-state index in [0.29, 0.717) is 25.0 Å². The van der Waals surface area contributed by atoms with Gasteiger partial charge in [-0.25, -0.2) is 4.79 Å². The van der Waals surface area contributed by atoms with Crippen LogP contribution in [0.4, 0.5) is 4.79 Å². The third-order valence-electron chi connectivity index (χ3n) is 2.13. The first kappa shape index (κ1) is 16.7. The van der Waals surface area contributed by atoms with E-state index in [4.69, 9.17) is 37.5 Å². The van der Waals surface area contributed by atoms with Gasteiger partial charge in [0.05, 0.1) is 11.4 Å². The normalized spacial score (nSPS) is 18.0. The molecular weight excluding hydrogens is 315 g/mol. The summed E-state index contributed by atoms with van der Waals surface area (Å²) in [5, 5.41) is 3.58. The van der Waals surface area contributed by atoms with E-state index in [-0.39, 0.29) is 12.5 Å². The number of halogens is 2. The van der Waals surface area contributed by atoms with Gasteiger partial charge in [-0.1, -0.05) is 0 Å². The third kappa shape index (κ3) is 5.64. The minimum Gasteiger partial charge on any atom is -0.475 e. The molecule has 0 aliphatic carbocycles. The van der Waals surface area contributed by atoms with Gasteiger partial charge in [0.1, 0.15) is 13.2 Å². The molecule has 0 bridgehead atoms. The molecule has 1 fully saturated rings. The van der Waals surface area contributed by atoms with E-state index in [9.17, 15) is 4.79 Å². The standard InChI is InChI=1S/C10H16Cl2N2O4S/c1-10(6-11,7-12)19-14(2)9(15)18-13-8-5-16-3-4-17-8/h3-7H2,1-2H3. The Bertz CT molecular complexity index is 331. The molecule has 0 atom stereocenters. The van der Waals surface area contributed by atoms with Crippen LogP contribution in [0.1, 0.15) is 6.92 Å². The summed E-state index contributed by atoms with van der Waals surface area (Å²) in [7, 11) is 1.56. The number of rotatable bonds is 5. The van der Waals surface area contributed by atoms with E-state index in [1.807, 2.05) is 6.92 Å². The number of hydrogen-bond acceptors (Lipinski definition) is 6. The largest absolute Gasteiger partial charge is 0.475 e. The highest BCUT2D eigenvalue weighted by Gasteiger charge is 2.28. The first-order chi connectivity index (χ1) is 9.00. The second-order valence-electron chi connectivity index (χ2n) is 4.05. The highest BCUT2D eigenvalue weighted by Crippen LogP contribution is 2.30. The molecule has 1 rings (SSSR count). The van der Waals surface area contributed by atoms with Gasteiger partial charge >= 0.3 is 6.09 Å². The van der Waals surface area contributed by atoms with Crippen LogP contribution in [0.15, 0.2) is 5.16 Å². The van der Waals surface area contributed by atoms with Crippen LogP contribution in [0.3, 0.4) is 0 Å². The van der Waals surface area contributed by atoms with Crippen molar-refractivity contribution in [2.24, 2.45) is 5.16 Å². The van der Waals surface area contributed by atoms with Crippen LogP contribution in [0.25, 0.3) is 0 Å². The smallest absolute Gasteiger partial charge is 0.445 e. The Kier molecular flexibility index (Phi) is 7.06. The topological polar surface area (TPSA) is 60.4 Å². The maximum absolute atomic E-state index is 11.7. The van der Waals surface area contributed by atoms with Crippen molar-refractivity contribution in [3.8, 4) is 0 Å². The number of carbonyl (C=O) groups excluding carboxylic acids is 1. The Morgan fingerprint density at radius 2 is 2.21 bits per heavy atom. The predicted molar refractivity (Wildman–Crippen MR) is 75.9 cm³/mol. The molecule has 19 heavy (non-hydrogen) atoms. The van der Waals surface area contributed by atoms with Crippen LogP contribution in [0.5, 0.6) is 0 Å². The molecule has 0 unspecified atom stereocenters. The molecule has 110 valence electrons. The summed E-state index contributed by atoms with van der Waals surface area (Å²) in [5.41, 5.74) is 0. The Labute approximate surface area is 126 Å². The first-order valence-corrected chi connectivity index (χ1v) is 7.38. The fourth-order valence-corrected chi connectivity index (χ4v) is 2.52. The lowest BCUT2D eigenvalue weighted by Gasteiger charge is -2.27. The SMILES string of the molecule is CN(SC(C)(CCl)CCl)C(=O)ON=C1COCCO1. The molecule has 0 radical (unpaired) electrons. The molecule has 1 saturated heterocycles. The molecule has 0 aromatic heterocycles. The average molecular weight is 331 g/mol. The molecule has 0 N–H and O–H groups in total. The summed E-state index contributed by atoms with van der Waals surface area (Å²) in [6.07, 6.45) is -0.631. The second-order valence-corrected chi connectivity index (χ2v) is 6.30. The minimum atomic E-state index is -0.631. The van der Waals surface area contributed by atoms with Gasteiger partial charge in [-0.05, 0) is 24.0 Å². The quantitative estimate of drug-likeness (QED) is 0.335. The van der Waals surface area contributed by atoms with Crippen molar-refractivity contribution in [1.82, 2.24) is 4.31 Å². The van der Waals surface area contributed by atoms with Crippen molar-refractivity contribution in [2.45, 2.75) is 11.7 Å². The molecular formula is C10H16Cl2N2O4S. The number of nitrogens with zero attached hydrogens (tertiary/aromatic N) is 2. The summed E-state index contributed by atoms with van der Waals surface area (Å²) in [5.74, 6) is 0.865. The van der Waals surface area contributed by atoms with E-state index in [2.05, 4.69) is 5.16 Å². The van der Waals surface area contributed by atoms with Crippen LogP contribution < -0.4 is 0 Å². The molecule has 1 aliphatic heterocycles. The zero-order valence-corrected chi connectivity index (χ0v) is 13.1. The predicted octanol–water partition coefficient (Wildman–Crippen LogP) is 2.30. The molecule has 0 spiro atoms. The highest BCUT2D eigenvalue weighted by atomic mass is 35.5. The van der Waals surface area contributed by atoms with Gasteiger partial charge in [0.2, 0.25) is 0 Å². The molecule has 9 heteroatoms. The van der Waals surface area contributed by atoms with Crippen LogP contribution in [-0.4, -0.2) is 59.7 Å². The van der Waals surface area contributed by atoms with Crippen LogP contribution >= 0.6 is 35.1 Å². The number of alkyl halides is 2. The van der Waals surface area contributed by atoms with Crippen molar-refractivity contribution in [2.75, 3.05) is 38.6 Å². The fraction of sp³-hybridized carbons (Fsp3) is 0.800. The summed E-state index contributed by atoms with van der Waals surface area (Å²) < 4.78 is 11.1. The Morgan fingerprint density at radius 3 is 2.74 bits per heavy atom. The molecule has 1 amide bonds. The Morgan fingerprint density at radius 1 is 1.53 bits per heavy atom. The second kappa shape index (κ2) is 8.04. The van der Waals surface area contributed by atoms with Crippen molar-refractivity contribution >= 4 is 47.1 Å². The number of hydrogen-bond donors (Lipinski definition) is 0. The molecule has 6 nitrogen and oxygen atoms in total. The van der Waals surface area contributed by atoms with E-state index in [1.165, 1.54) is 16.3 Å². The van der Waals surface area contributed by atoms with Crippen LogP contribution in [0, 0.1) is 0 Å². The number of amides is 1. The lowest BCUT2D eigenvalue weighted by molar-refractivity contribution is 0.0608. The van der Waals surface area contributed by atoms with Gasteiger partial charge in [-0.2, -0.15) is 0 Å². The highest BCUT2D eigenvalue weighted by molar-refractivity contribution is 7.99. The zero-order chi connectivity index (χ0) is 14.3. The average Bonchev–Trinajstić information content (AvgIpc) is 2.45. The van der Waals surface area contributed by atoms with Gasteiger partial charge in [-0.3, -0.25) is 9.14 Å². The number of oxime groups is 1. The molecule has 0 aromatic rings. The zero-order valence-electron chi connectivity index (χ0n) is 10.7. The summed E-state index contributed by atoms with van der Waals surface area (Å²) in [6.45, 7) is 2.96. The maximum atomic E-state index is 11.7. The molecule has 0 aromatic carbocycles. The van der Waals surface area contributed by atoms with Crippen molar-refractivity contribution in [3.05, 3.63) is 0 Å². The van der Waals surface area contributed by atoms with Crippen LogP contribution in [-0.2, 0) is 14.3 Å². The van der Waals surface area contributed by atoms with E-state index in [0.717, 1.165) is 0 Å². The van der Waals surface area contributed by atoms with Crippen molar-refractivity contribution in [3.63, 3.8) is 0 Å². The summed E-state index contributed by atoms with van der Waals surface area (Å²) >= 11 is 12.8. The van der Waals surface area contributed by atoms with Crippen molar-refractivity contribution < 1.29 is 19.1 Å². The minimum absolute atomic E-state index is 0.200. The van der Waals surface area contributed by atoms with Gasteiger partial charge in [-0.15, -0.1) is 23.2 Å². The van der Waals surface area contributed by atoms with Gasteiger partial charge in [0, 0.05) is 18.8 Å². The molecule has 1 aliphatic rings. The summed E-state index contributed by atoms with van der Waals surface area (Å²) in [4.78, 5) is 16.4. The Hall–Kier alpha value is -0.370. The maximum Gasteiger partial charge on any atom is 0.445 e. The van der Waals surface area contributed by atoms with Gasteiger partial charge < -0.3 is 9.47 Å². The molecule has 1 heterocycles.